The van der Waals surface area contributed by atoms with Gasteiger partial charge in [0, 0.05) is 49.8 Å². The molecule has 1 heterocycles. The van der Waals surface area contributed by atoms with E-state index in [1.165, 1.54) is 16.0 Å². The third-order valence-electron chi connectivity index (χ3n) is 5.11. The molecular formula is C23H30N2O2S. The molecule has 0 atom stereocenters. The predicted octanol–water partition coefficient (Wildman–Crippen LogP) is 4.22. The van der Waals surface area contributed by atoms with Gasteiger partial charge in [-0.25, -0.2) is 0 Å². The van der Waals surface area contributed by atoms with Gasteiger partial charge in [-0.2, -0.15) is 0 Å². The number of nitrogens with zero attached hydrogens (tertiary/aromatic N) is 2. The van der Waals surface area contributed by atoms with Gasteiger partial charge in [0.2, 0.25) is 5.91 Å². The number of hydrogen-bond acceptors (Lipinski definition) is 4. The Kier molecular flexibility index (Phi) is 7.80. The third-order valence-corrected chi connectivity index (χ3v) is 6.13. The van der Waals surface area contributed by atoms with Gasteiger partial charge in [-0.1, -0.05) is 29.8 Å². The van der Waals surface area contributed by atoms with Crippen LogP contribution in [0.25, 0.3) is 0 Å². The summed E-state index contributed by atoms with van der Waals surface area (Å²) in [5, 5.41) is 0. The lowest BCUT2D eigenvalue weighted by Gasteiger charge is -2.22. The van der Waals surface area contributed by atoms with E-state index in [2.05, 4.69) is 48.2 Å². The Labute approximate surface area is 172 Å². The largest absolute Gasteiger partial charge is 0.497 e. The second-order valence-corrected chi connectivity index (χ2v) is 8.44. The van der Waals surface area contributed by atoms with E-state index in [1.807, 2.05) is 17.0 Å². The average molecular weight is 399 g/mol. The average Bonchev–Trinajstić information content (AvgIpc) is 2.96. The van der Waals surface area contributed by atoms with Crippen LogP contribution in [0.2, 0.25) is 0 Å². The lowest BCUT2D eigenvalue weighted by Crippen LogP contribution is -2.35. The Hall–Kier alpha value is -1.98. The molecule has 1 amide bonds. The summed E-state index contributed by atoms with van der Waals surface area (Å²) in [5.74, 6) is 2.01. The van der Waals surface area contributed by atoms with Gasteiger partial charge in [-0.05, 0) is 43.2 Å². The van der Waals surface area contributed by atoms with E-state index in [1.54, 1.807) is 18.9 Å². The Morgan fingerprint density at radius 3 is 2.46 bits per heavy atom. The maximum Gasteiger partial charge on any atom is 0.223 e. The first-order valence-electron chi connectivity index (χ1n) is 9.96. The van der Waals surface area contributed by atoms with Crippen molar-refractivity contribution in [3.8, 4) is 5.75 Å². The van der Waals surface area contributed by atoms with Crippen LogP contribution < -0.4 is 4.74 Å². The van der Waals surface area contributed by atoms with Crippen LogP contribution in [0.15, 0.2) is 53.4 Å². The maximum atomic E-state index is 12.6. The lowest BCUT2D eigenvalue weighted by molar-refractivity contribution is -0.130. The van der Waals surface area contributed by atoms with Gasteiger partial charge in [-0.15, -0.1) is 11.8 Å². The predicted molar refractivity (Wildman–Crippen MR) is 116 cm³/mol. The second-order valence-electron chi connectivity index (χ2n) is 7.27. The van der Waals surface area contributed by atoms with Crippen LogP contribution in [-0.2, 0) is 11.3 Å². The molecule has 1 fully saturated rings. The highest BCUT2D eigenvalue weighted by atomic mass is 32.2. The minimum Gasteiger partial charge on any atom is -0.497 e. The molecule has 4 nitrogen and oxygen atoms in total. The van der Waals surface area contributed by atoms with E-state index in [0.717, 1.165) is 50.6 Å². The fourth-order valence-electron chi connectivity index (χ4n) is 3.42. The highest BCUT2D eigenvalue weighted by Crippen LogP contribution is 2.20. The number of methoxy groups -OCH3 is 1. The zero-order chi connectivity index (χ0) is 19.8. The molecule has 150 valence electrons. The fraction of sp³-hybridized carbons (Fsp3) is 0.435. The summed E-state index contributed by atoms with van der Waals surface area (Å²) in [6.45, 7) is 6.68. The number of hydrogen-bond donors (Lipinski definition) is 0. The molecule has 0 aliphatic carbocycles. The van der Waals surface area contributed by atoms with Crippen molar-refractivity contribution in [3.05, 3.63) is 59.7 Å². The number of rotatable bonds is 7. The zero-order valence-electron chi connectivity index (χ0n) is 16.9. The van der Waals surface area contributed by atoms with Crippen LogP contribution in [0.3, 0.4) is 0 Å². The molecule has 0 radical (unpaired) electrons. The normalized spacial score (nSPS) is 15.3. The smallest absolute Gasteiger partial charge is 0.223 e. The number of amides is 1. The summed E-state index contributed by atoms with van der Waals surface area (Å²) in [6, 6.07) is 16.8. The van der Waals surface area contributed by atoms with E-state index in [0.29, 0.717) is 6.42 Å². The van der Waals surface area contributed by atoms with Crippen molar-refractivity contribution in [2.45, 2.75) is 31.2 Å². The van der Waals surface area contributed by atoms with Crippen LogP contribution in [-0.4, -0.2) is 54.7 Å². The van der Waals surface area contributed by atoms with Crippen molar-refractivity contribution in [1.29, 1.82) is 0 Å². The Morgan fingerprint density at radius 1 is 1.00 bits per heavy atom. The van der Waals surface area contributed by atoms with Crippen LogP contribution in [0.5, 0.6) is 5.75 Å². The van der Waals surface area contributed by atoms with Crippen LogP contribution >= 0.6 is 11.8 Å². The molecule has 2 aromatic carbocycles. The van der Waals surface area contributed by atoms with E-state index in [9.17, 15) is 4.79 Å². The van der Waals surface area contributed by atoms with Crippen molar-refractivity contribution >= 4 is 17.7 Å². The van der Waals surface area contributed by atoms with Gasteiger partial charge in [0.15, 0.2) is 0 Å². The molecule has 0 aromatic heterocycles. The summed E-state index contributed by atoms with van der Waals surface area (Å²) in [6.07, 6.45) is 1.64. The van der Waals surface area contributed by atoms with Gasteiger partial charge in [0.25, 0.3) is 0 Å². The number of carbonyl (C=O) groups is 1. The fourth-order valence-corrected chi connectivity index (χ4v) is 4.26. The summed E-state index contributed by atoms with van der Waals surface area (Å²) in [4.78, 5) is 18.3. The highest BCUT2D eigenvalue weighted by molar-refractivity contribution is 7.99. The minimum atomic E-state index is 0.283. The SMILES string of the molecule is COc1ccc(CN2CCCN(C(=O)CCSc3ccc(C)cc3)CC2)cc1. The molecule has 28 heavy (non-hydrogen) atoms. The quantitative estimate of drug-likeness (QED) is 0.654. The number of thioether (sulfide) groups is 1. The summed E-state index contributed by atoms with van der Waals surface area (Å²) in [7, 11) is 1.69. The van der Waals surface area contributed by atoms with Crippen LogP contribution in [0.4, 0.5) is 0 Å². The second kappa shape index (κ2) is 10.5. The van der Waals surface area contributed by atoms with E-state index in [-0.39, 0.29) is 5.91 Å². The van der Waals surface area contributed by atoms with Crippen molar-refractivity contribution in [1.82, 2.24) is 9.80 Å². The first kappa shape index (κ1) is 20.7. The topological polar surface area (TPSA) is 32.8 Å². The standard InChI is InChI=1S/C23H30N2O2S/c1-19-4-10-22(11-5-19)28-17-12-23(26)25-14-3-13-24(15-16-25)18-20-6-8-21(27-2)9-7-20/h4-11H,3,12-18H2,1-2H3. The van der Waals surface area contributed by atoms with E-state index in [4.69, 9.17) is 4.74 Å². The number of carbonyl (C=O) groups excluding carboxylic acids is 1. The number of aryl methyl sites for hydroxylation is 1. The molecule has 1 saturated heterocycles. The number of ether oxygens (including phenoxy) is 1. The maximum absolute atomic E-state index is 12.6. The molecule has 0 spiro atoms. The summed E-state index contributed by atoms with van der Waals surface area (Å²) >= 11 is 1.76. The zero-order valence-corrected chi connectivity index (χ0v) is 17.7. The van der Waals surface area contributed by atoms with Crippen LogP contribution in [0, 0.1) is 6.92 Å². The van der Waals surface area contributed by atoms with E-state index >= 15 is 0 Å². The Balaban J connectivity index is 1.42. The number of benzene rings is 2. The third kappa shape index (κ3) is 6.28. The molecule has 2 aromatic rings. The van der Waals surface area contributed by atoms with Crippen molar-refractivity contribution in [2.75, 3.05) is 39.0 Å². The van der Waals surface area contributed by atoms with Gasteiger partial charge in [0.05, 0.1) is 7.11 Å². The molecule has 3 rings (SSSR count). The minimum absolute atomic E-state index is 0.283. The molecule has 0 saturated carbocycles. The molecule has 0 N–H and O–H groups in total. The molecule has 0 unspecified atom stereocenters. The summed E-state index contributed by atoms with van der Waals surface area (Å²) < 4.78 is 5.23. The van der Waals surface area contributed by atoms with E-state index < -0.39 is 0 Å². The van der Waals surface area contributed by atoms with Gasteiger partial charge in [0.1, 0.15) is 5.75 Å². The molecular weight excluding hydrogens is 368 g/mol. The van der Waals surface area contributed by atoms with Gasteiger partial charge in [-0.3, -0.25) is 9.69 Å². The Bertz CT molecular complexity index is 746. The van der Waals surface area contributed by atoms with Gasteiger partial charge >= 0.3 is 0 Å². The molecule has 0 bridgehead atoms. The van der Waals surface area contributed by atoms with Crippen molar-refractivity contribution in [3.63, 3.8) is 0 Å². The van der Waals surface area contributed by atoms with Crippen molar-refractivity contribution in [2.24, 2.45) is 0 Å². The molecule has 1 aliphatic heterocycles. The Morgan fingerprint density at radius 2 is 1.75 bits per heavy atom. The first-order chi connectivity index (χ1) is 13.6. The summed E-state index contributed by atoms with van der Waals surface area (Å²) in [5.41, 5.74) is 2.55. The van der Waals surface area contributed by atoms with Crippen molar-refractivity contribution < 1.29 is 9.53 Å². The molecule has 1 aliphatic rings. The highest BCUT2D eigenvalue weighted by Gasteiger charge is 2.19. The van der Waals surface area contributed by atoms with Crippen LogP contribution in [0.1, 0.15) is 24.0 Å². The lowest BCUT2D eigenvalue weighted by atomic mass is 10.2. The monoisotopic (exact) mass is 398 g/mol. The van der Waals surface area contributed by atoms with Gasteiger partial charge < -0.3 is 9.64 Å². The first-order valence-corrected chi connectivity index (χ1v) is 10.9. The molecule has 5 heteroatoms.